The number of aromatic nitrogens is 4. The number of fused-ring (bicyclic) bond motifs is 1. The van der Waals surface area contributed by atoms with Gasteiger partial charge in [0.05, 0.1) is 28.5 Å². The summed E-state index contributed by atoms with van der Waals surface area (Å²) in [7, 11) is 0. The average molecular weight is 498 g/mol. The van der Waals surface area contributed by atoms with E-state index >= 15 is 0 Å². The first-order valence-electron chi connectivity index (χ1n) is 11.2. The Balaban J connectivity index is 1.66. The highest BCUT2D eigenvalue weighted by molar-refractivity contribution is 6.34. The third-order valence-electron chi connectivity index (χ3n) is 5.83. The zero-order chi connectivity index (χ0) is 24.2. The van der Waals surface area contributed by atoms with Gasteiger partial charge in [0.1, 0.15) is 6.07 Å². The Morgan fingerprint density at radius 3 is 2.65 bits per heavy atom. The number of nitriles is 2. The van der Waals surface area contributed by atoms with E-state index in [1.807, 2.05) is 19.9 Å². The monoisotopic (exact) mass is 497 g/mol. The van der Waals surface area contributed by atoms with Crippen LogP contribution in [0.25, 0.3) is 5.65 Å². The fourth-order valence-corrected chi connectivity index (χ4v) is 4.80. The first kappa shape index (κ1) is 24.0. The molecule has 11 heteroatoms. The zero-order valence-corrected chi connectivity index (χ0v) is 20.5. The SMILES string of the molecule is CCNc1nc(Nc2cc(C#N)cc(C3CCN(C[C@H](C)Cl)CC3)c2Cl)nn2c(C#N)cnc12. The molecule has 0 radical (unpaired) electrons. The minimum atomic E-state index is 0.110. The molecular weight excluding hydrogens is 473 g/mol. The smallest absolute Gasteiger partial charge is 0.247 e. The van der Waals surface area contributed by atoms with Crippen LogP contribution in [0.5, 0.6) is 0 Å². The van der Waals surface area contributed by atoms with Crippen molar-refractivity contribution in [1.29, 1.82) is 10.5 Å². The van der Waals surface area contributed by atoms with Crippen LogP contribution in [-0.2, 0) is 0 Å². The molecule has 0 aliphatic carbocycles. The first-order chi connectivity index (χ1) is 16.4. The normalized spacial score (nSPS) is 15.6. The second-order valence-corrected chi connectivity index (χ2v) is 9.45. The minimum Gasteiger partial charge on any atom is -0.367 e. The molecule has 1 saturated heterocycles. The van der Waals surface area contributed by atoms with Crippen LogP contribution in [0.2, 0.25) is 5.02 Å². The fourth-order valence-electron chi connectivity index (χ4n) is 4.30. The lowest BCUT2D eigenvalue weighted by Gasteiger charge is -2.33. The number of benzene rings is 1. The largest absolute Gasteiger partial charge is 0.367 e. The van der Waals surface area contributed by atoms with Gasteiger partial charge in [-0.05, 0) is 63.4 Å². The number of likely N-dealkylation sites (tertiary alicyclic amines) is 1. The number of hydrogen-bond acceptors (Lipinski definition) is 8. The van der Waals surface area contributed by atoms with E-state index in [2.05, 4.69) is 42.7 Å². The summed E-state index contributed by atoms with van der Waals surface area (Å²) in [5.74, 6) is 0.977. The van der Waals surface area contributed by atoms with Gasteiger partial charge in [0.15, 0.2) is 17.2 Å². The van der Waals surface area contributed by atoms with Gasteiger partial charge in [0, 0.05) is 18.5 Å². The van der Waals surface area contributed by atoms with Crippen molar-refractivity contribution >= 4 is 46.3 Å². The molecule has 0 bridgehead atoms. The highest BCUT2D eigenvalue weighted by Crippen LogP contribution is 2.38. The predicted molar refractivity (Wildman–Crippen MR) is 133 cm³/mol. The van der Waals surface area contributed by atoms with E-state index in [4.69, 9.17) is 23.2 Å². The van der Waals surface area contributed by atoms with Crippen molar-refractivity contribution in [3.8, 4) is 12.1 Å². The Morgan fingerprint density at radius 1 is 1.24 bits per heavy atom. The van der Waals surface area contributed by atoms with Crippen LogP contribution in [-0.4, -0.2) is 56.0 Å². The molecule has 1 atom stereocenters. The number of imidazole rings is 1. The van der Waals surface area contributed by atoms with E-state index in [9.17, 15) is 10.5 Å². The Hall–Kier alpha value is -3.11. The zero-order valence-electron chi connectivity index (χ0n) is 19.0. The van der Waals surface area contributed by atoms with Gasteiger partial charge in [0.25, 0.3) is 0 Å². The standard InChI is InChI=1S/C23H25Cl2N9/c1-3-28-21-22-29-12-17(11-27)34(22)32-23(31-21)30-19-9-15(10-26)8-18(20(19)25)16-4-6-33(7-5-16)13-14(2)24/h8-9,12,14,16H,3-7,13H2,1-2H3,(H2,28,30,31,32)/t14-/m0/s1. The number of piperidine rings is 1. The van der Waals surface area contributed by atoms with E-state index in [1.54, 1.807) is 6.07 Å². The number of rotatable bonds is 7. The maximum Gasteiger partial charge on any atom is 0.247 e. The van der Waals surface area contributed by atoms with Gasteiger partial charge in [-0.15, -0.1) is 16.7 Å². The van der Waals surface area contributed by atoms with Crippen molar-refractivity contribution in [2.24, 2.45) is 0 Å². The first-order valence-corrected chi connectivity index (χ1v) is 12.0. The number of alkyl halides is 1. The lowest BCUT2D eigenvalue weighted by Crippen LogP contribution is -2.36. The molecule has 9 nitrogen and oxygen atoms in total. The van der Waals surface area contributed by atoms with E-state index in [0.717, 1.165) is 38.0 Å². The van der Waals surface area contributed by atoms with Gasteiger partial charge in [-0.25, -0.2) is 4.98 Å². The molecule has 0 amide bonds. The molecule has 0 saturated carbocycles. The predicted octanol–water partition coefficient (Wildman–Crippen LogP) is 4.50. The summed E-state index contributed by atoms with van der Waals surface area (Å²) in [6.07, 6.45) is 3.32. The lowest BCUT2D eigenvalue weighted by molar-refractivity contribution is 0.214. The molecular formula is C23H25Cl2N9. The molecule has 1 aliphatic rings. The topological polar surface area (TPSA) is 118 Å². The average Bonchev–Trinajstić information content (AvgIpc) is 3.24. The summed E-state index contributed by atoms with van der Waals surface area (Å²) in [5, 5.41) is 30.4. The molecule has 3 heterocycles. The molecule has 0 spiro atoms. The highest BCUT2D eigenvalue weighted by Gasteiger charge is 2.25. The summed E-state index contributed by atoms with van der Waals surface area (Å²) in [6, 6.07) is 7.87. The minimum absolute atomic E-state index is 0.110. The quantitative estimate of drug-likeness (QED) is 0.457. The van der Waals surface area contributed by atoms with Gasteiger partial charge in [0.2, 0.25) is 5.95 Å². The van der Waals surface area contributed by atoms with E-state index < -0.39 is 0 Å². The molecule has 3 aromatic rings. The Morgan fingerprint density at radius 2 is 2.00 bits per heavy atom. The summed E-state index contributed by atoms with van der Waals surface area (Å²) >= 11 is 13.0. The van der Waals surface area contributed by atoms with E-state index in [-0.39, 0.29) is 22.9 Å². The molecule has 176 valence electrons. The number of halogens is 2. The highest BCUT2D eigenvalue weighted by atomic mass is 35.5. The fraction of sp³-hybridized carbons (Fsp3) is 0.435. The maximum atomic E-state index is 9.65. The third kappa shape index (κ3) is 5.02. The van der Waals surface area contributed by atoms with Crippen LogP contribution in [0.3, 0.4) is 0 Å². The van der Waals surface area contributed by atoms with Crippen molar-refractivity contribution in [3.63, 3.8) is 0 Å². The number of nitrogens with one attached hydrogen (secondary N) is 2. The summed E-state index contributed by atoms with van der Waals surface area (Å²) in [4.78, 5) is 11.1. The van der Waals surface area contributed by atoms with Crippen LogP contribution in [0.1, 0.15) is 49.4 Å². The number of nitrogens with zero attached hydrogens (tertiary/aromatic N) is 7. The second kappa shape index (κ2) is 10.4. The van der Waals surface area contributed by atoms with Crippen LogP contribution in [0, 0.1) is 22.7 Å². The Bertz CT molecular complexity index is 1260. The molecule has 1 aromatic carbocycles. The van der Waals surface area contributed by atoms with Gasteiger partial charge in [-0.2, -0.15) is 20.0 Å². The maximum absolute atomic E-state index is 9.65. The van der Waals surface area contributed by atoms with E-state index in [0.29, 0.717) is 34.3 Å². The molecule has 2 N–H and O–H groups in total. The molecule has 2 aromatic heterocycles. The van der Waals surface area contributed by atoms with Gasteiger partial charge < -0.3 is 15.5 Å². The molecule has 4 rings (SSSR count). The Labute approximate surface area is 208 Å². The van der Waals surface area contributed by atoms with Crippen molar-refractivity contribution in [1.82, 2.24) is 24.5 Å². The van der Waals surface area contributed by atoms with Crippen molar-refractivity contribution < 1.29 is 0 Å². The van der Waals surface area contributed by atoms with Gasteiger partial charge in [-0.3, -0.25) is 0 Å². The summed E-state index contributed by atoms with van der Waals surface area (Å²) in [5.41, 5.74) is 2.74. The van der Waals surface area contributed by atoms with Crippen LogP contribution in [0.4, 0.5) is 17.5 Å². The third-order valence-corrected chi connectivity index (χ3v) is 6.39. The number of anilines is 3. The van der Waals surface area contributed by atoms with Crippen molar-refractivity contribution in [2.75, 3.05) is 36.8 Å². The molecule has 1 fully saturated rings. The Kier molecular flexibility index (Phi) is 7.38. The lowest BCUT2D eigenvalue weighted by atomic mass is 9.88. The molecule has 34 heavy (non-hydrogen) atoms. The summed E-state index contributed by atoms with van der Waals surface area (Å²) in [6.45, 7) is 7.29. The van der Waals surface area contributed by atoms with Crippen LogP contribution in [0.15, 0.2) is 18.3 Å². The van der Waals surface area contributed by atoms with Crippen molar-refractivity contribution in [2.45, 2.75) is 38.0 Å². The van der Waals surface area contributed by atoms with Crippen LogP contribution >= 0.6 is 23.2 Å². The number of hydrogen-bond donors (Lipinski definition) is 2. The molecule has 0 unspecified atom stereocenters. The van der Waals surface area contributed by atoms with Crippen molar-refractivity contribution in [3.05, 3.63) is 40.2 Å². The van der Waals surface area contributed by atoms with Gasteiger partial charge >= 0.3 is 0 Å². The summed E-state index contributed by atoms with van der Waals surface area (Å²) < 4.78 is 1.43. The second-order valence-electron chi connectivity index (χ2n) is 8.32. The van der Waals surface area contributed by atoms with Gasteiger partial charge in [-0.1, -0.05) is 11.6 Å². The molecule has 1 aliphatic heterocycles. The van der Waals surface area contributed by atoms with E-state index in [1.165, 1.54) is 10.7 Å². The van der Waals surface area contributed by atoms with Crippen LogP contribution < -0.4 is 10.6 Å².